The van der Waals surface area contributed by atoms with Crippen molar-refractivity contribution in [1.29, 1.82) is 0 Å². The van der Waals surface area contributed by atoms with Gasteiger partial charge in [-0.3, -0.25) is 0 Å². The molecule has 0 aliphatic carbocycles. The fourth-order valence-electron chi connectivity index (χ4n) is 5.62. The van der Waals surface area contributed by atoms with Crippen LogP contribution in [0.1, 0.15) is 78.9 Å². The lowest BCUT2D eigenvalue weighted by Gasteiger charge is -2.36. The molecule has 4 rings (SSSR count). The van der Waals surface area contributed by atoms with Crippen molar-refractivity contribution in [2.24, 2.45) is 0 Å². The Morgan fingerprint density at radius 1 is 0.792 bits per heavy atom. The summed E-state index contributed by atoms with van der Waals surface area (Å²) >= 11 is 0. The highest BCUT2D eigenvalue weighted by Gasteiger charge is 2.37. The third-order valence-electron chi connectivity index (χ3n) is 8.26. The third-order valence-corrected chi connectivity index (χ3v) is 8.26. The first kappa shape index (κ1) is 38.2. The molecule has 1 unspecified atom stereocenters. The summed E-state index contributed by atoms with van der Waals surface area (Å²) in [6.07, 6.45) is 9.13. The minimum atomic E-state index is -1.32. The van der Waals surface area contributed by atoms with Gasteiger partial charge in [-0.15, -0.1) is 6.58 Å². The molecule has 0 amide bonds. The first-order valence-corrected chi connectivity index (χ1v) is 16.8. The molecule has 0 heterocycles. The highest BCUT2D eigenvalue weighted by Crippen LogP contribution is 2.38. The number of allylic oxidation sites excluding steroid dienone is 1. The number of phenols is 1. The highest BCUT2D eigenvalue weighted by molar-refractivity contribution is 5.89. The van der Waals surface area contributed by atoms with Gasteiger partial charge in [0.2, 0.25) is 0 Å². The summed E-state index contributed by atoms with van der Waals surface area (Å²) in [6, 6.07) is 32.5. The van der Waals surface area contributed by atoms with E-state index < -0.39 is 17.5 Å². The predicted octanol–water partition coefficient (Wildman–Crippen LogP) is 6.21. The highest BCUT2D eigenvalue weighted by atomic mass is 16.5. The lowest BCUT2D eigenvalue weighted by atomic mass is 9.69. The van der Waals surface area contributed by atoms with Gasteiger partial charge < -0.3 is 35.3 Å². The Hall–Kier alpha value is -4.27. The Bertz CT molecular complexity index is 1370. The molecule has 7 heteroatoms. The van der Waals surface area contributed by atoms with Crippen molar-refractivity contribution in [3.63, 3.8) is 0 Å². The normalized spacial score (nSPS) is 11.7. The van der Waals surface area contributed by atoms with Gasteiger partial charge in [-0.25, -0.2) is 0 Å². The maximum atomic E-state index is 12.3. The van der Waals surface area contributed by atoms with Crippen LogP contribution in [0.4, 0.5) is 0 Å². The van der Waals surface area contributed by atoms with Crippen LogP contribution >= 0.6 is 0 Å². The molecule has 0 aliphatic rings. The molecule has 0 bridgehead atoms. The summed E-state index contributed by atoms with van der Waals surface area (Å²) in [4.78, 5) is 12.3. The zero-order chi connectivity index (χ0) is 34.5. The van der Waals surface area contributed by atoms with E-state index in [2.05, 4.69) is 11.9 Å². The number of carbonyl (C=O) groups excluding carboxylic acids is 1. The fourth-order valence-corrected chi connectivity index (χ4v) is 5.62. The molecule has 256 valence electrons. The zero-order valence-corrected chi connectivity index (χ0v) is 27.8. The molecular weight excluding hydrogens is 602 g/mol. The summed E-state index contributed by atoms with van der Waals surface area (Å²) in [5.41, 5.74) is 1.88. The van der Waals surface area contributed by atoms with Gasteiger partial charge in [-0.1, -0.05) is 116 Å². The Morgan fingerprint density at radius 2 is 1.31 bits per heavy atom. The molecule has 0 radical (unpaired) electrons. The topological polar surface area (TPSA) is 122 Å². The molecule has 0 fully saturated rings. The molecule has 0 spiro atoms. The summed E-state index contributed by atoms with van der Waals surface area (Å²) in [5.74, 6) is -1.08. The summed E-state index contributed by atoms with van der Waals surface area (Å²) in [5, 5.41) is 44.4. The molecule has 4 aromatic carbocycles. The zero-order valence-electron chi connectivity index (χ0n) is 27.8. The van der Waals surface area contributed by atoms with E-state index in [1.165, 1.54) is 6.07 Å². The number of hydrogen-bond acceptors (Lipinski definition) is 7. The SMILES string of the molecule is C=CCCCCOCCCCCCNCC(O)c1ccc(O)c(CO)c1.O=C([O-])C(c1ccccc1)(c1ccccc1)c1ccccc1. The van der Waals surface area contributed by atoms with Crippen LogP contribution in [0.2, 0.25) is 0 Å². The molecule has 4 aromatic rings. The number of aliphatic hydroxyl groups excluding tert-OH is 2. The molecule has 1 atom stereocenters. The molecule has 4 N–H and O–H groups in total. The van der Waals surface area contributed by atoms with Crippen molar-refractivity contribution in [2.75, 3.05) is 26.3 Å². The number of carboxylic acids is 1. The number of aromatic hydroxyl groups is 1. The van der Waals surface area contributed by atoms with Crippen molar-refractivity contribution in [2.45, 2.75) is 63.1 Å². The molecule has 7 nitrogen and oxygen atoms in total. The van der Waals surface area contributed by atoms with Crippen LogP contribution in [0.25, 0.3) is 0 Å². The van der Waals surface area contributed by atoms with Crippen molar-refractivity contribution in [1.82, 2.24) is 5.32 Å². The first-order valence-electron chi connectivity index (χ1n) is 16.8. The Kier molecular flexibility index (Phi) is 17.2. The maximum Gasteiger partial charge on any atom is 0.121 e. The molecule has 0 aromatic heterocycles. The Balaban J connectivity index is 0.000000263. The van der Waals surface area contributed by atoms with Gasteiger partial charge in [0.25, 0.3) is 0 Å². The second kappa shape index (κ2) is 21.6. The van der Waals surface area contributed by atoms with Gasteiger partial charge >= 0.3 is 0 Å². The average molecular weight is 653 g/mol. The number of carbonyl (C=O) groups is 1. The van der Waals surface area contributed by atoms with Crippen LogP contribution in [0.5, 0.6) is 5.75 Å². The van der Waals surface area contributed by atoms with Crippen LogP contribution in [0.15, 0.2) is 122 Å². The van der Waals surface area contributed by atoms with Crippen LogP contribution in [-0.2, 0) is 21.6 Å². The van der Waals surface area contributed by atoms with E-state index in [4.69, 9.17) is 9.84 Å². The monoisotopic (exact) mass is 652 g/mol. The number of benzene rings is 4. The van der Waals surface area contributed by atoms with Crippen molar-refractivity contribution >= 4 is 5.97 Å². The third kappa shape index (κ3) is 11.5. The van der Waals surface area contributed by atoms with Crippen LogP contribution < -0.4 is 10.4 Å². The second-order valence-corrected chi connectivity index (χ2v) is 11.7. The number of ether oxygens (including phenoxy) is 1. The lowest BCUT2D eigenvalue weighted by Crippen LogP contribution is -2.47. The van der Waals surface area contributed by atoms with Gasteiger partial charge in [-0.05, 0) is 73.0 Å². The summed E-state index contributed by atoms with van der Waals surface area (Å²) < 4.78 is 5.60. The minimum Gasteiger partial charge on any atom is -0.548 e. The van der Waals surface area contributed by atoms with E-state index in [9.17, 15) is 20.1 Å². The van der Waals surface area contributed by atoms with Crippen LogP contribution in [0, 0.1) is 0 Å². The van der Waals surface area contributed by atoms with Gasteiger partial charge in [0.05, 0.1) is 24.1 Å². The predicted molar refractivity (Wildman–Crippen MR) is 189 cm³/mol. The van der Waals surface area contributed by atoms with Gasteiger partial charge in [0, 0.05) is 25.3 Å². The summed E-state index contributed by atoms with van der Waals surface area (Å²) in [7, 11) is 0. The minimum absolute atomic E-state index is 0.0529. The first-order chi connectivity index (χ1) is 23.4. The fraction of sp³-hybridized carbons (Fsp3) is 0.341. The van der Waals surface area contributed by atoms with Crippen LogP contribution in [-0.4, -0.2) is 47.6 Å². The van der Waals surface area contributed by atoms with Gasteiger partial charge in [0.15, 0.2) is 0 Å². The van der Waals surface area contributed by atoms with Gasteiger partial charge in [0.1, 0.15) is 5.75 Å². The Morgan fingerprint density at radius 3 is 1.81 bits per heavy atom. The molecule has 0 saturated heterocycles. The molecular formula is C41H50NO6-. The number of aliphatic carboxylic acids is 1. The van der Waals surface area contributed by atoms with E-state index in [1.54, 1.807) is 12.1 Å². The average Bonchev–Trinajstić information content (AvgIpc) is 3.12. The van der Waals surface area contributed by atoms with E-state index in [0.29, 0.717) is 34.4 Å². The lowest BCUT2D eigenvalue weighted by molar-refractivity contribution is -0.310. The van der Waals surface area contributed by atoms with E-state index in [1.807, 2.05) is 97.1 Å². The number of carboxylic acid groups (broad SMARTS) is 1. The Labute approximate surface area is 285 Å². The summed E-state index contributed by atoms with van der Waals surface area (Å²) in [6.45, 7) is 6.49. The second-order valence-electron chi connectivity index (χ2n) is 11.7. The van der Waals surface area contributed by atoms with E-state index >= 15 is 0 Å². The molecule has 0 aliphatic heterocycles. The number of rotatable bonds is 20. The smallest absolute Gasteiger partial charge is 0.121 e. The van der Waals surface area contributed by atoms with E-state index in [0.717, 1.165) is 64.7 Å². The number of hydrogen-bond donors (Lipinski definition) is 4. The largest absolute Gasteiger partial charge is 0.548 e. The van der Waals surface area contributed by atoms with E-state index in [-0.39, 0.29) is 12.4 Å². The quantitative estimate of drug-likeness (QED) is 0.0509. The number of aliphatic hydroxyl groups is 2. The number of nitrogens with one attached hydrogen (secondary N) is 1. The molecule has 0 saturated carbocycles. The maximum absolute atomic E-state index is 12.3. The van der Waals surface area contributed by atoms with Gasteiger partial charge in [-0.2, -0.15) is 0 Å². The molecule has 48 heavy (non-hydrogen) atoms. The van der Waals surface area contributed by atoms with Crippen LogP contribution in [0.3, 0.4) is 0 Å². The number of unbranched alkanes of at least 4 members (excludes halogenated alkanes) is 5. The van der Waals surface area contributed by atoms with Crippen molar-refractivity contribution in [3.05, 3.63) is 150 Å². The standard InChI is InChI=1S/C21H35NO4.C20H16O2/c1-2-3-4-8-13-26-14-9-6-5-7-12-22-16-21(25)18-10-11-20(24)19(15-18)17-23;21-19(22)20(16-10-4-1-5-11-16,17-12-6-2-7-13-17)18-14-8-3-9-15-18/h2,10-11,15,21-25H,1,3-9,12-14,16-17H2;1-15H,(H,21,22)/p-1. The van der Waals surface area contributed by atoms with Crippen molar-refractivity contribution in [3.8, 4) is 5.75 Å². The van der Waals surface area contributed by atoms with Crippen molar-refractivity contribution < 1.29 is 30.0 Å².